The average Bonchev–Trinajstić information content (AvgIpc) is 3.73. The predicted molar refractivity (Wildman–Crippen MR) is 188 cm³/mol. The van der Waals surface area contributed by atoms with Crippen LogP contribution in [0.3, 0.4) is 0 Å². The average molecular weight is 692 g/mol. The summed E-state index contributed by atoms with van der Waals surface area (Å²) in [7, 11) is 0. The van der Waals surface area contributed by atoms with Crippen molar-refractivity contribution in [2.24, 2.45) is 5.92 Å². The van der Waals surface area contributed by atoms with E-state index in [1.54, 1.807) is 0 Å². The molecule has 4 aromatic carbocycles. The fourth-order valence-electron chi connectivity index (χ4n) is 7.94. The number of benzene rings is 4. The van der Waals surface area contributed by atoms with Crippen LogP contribution < -0.4 is 0 Å². The van der Waals surface area contributed by atoms with Gasteiger partial charge < -0.3 is 38.1 Å². The van der Waals surface area contributed by atoms with Crippen LogP contribution in [0.2, 0.25) is 0 Å². The molecule has 4 fully saturated rings. The molecule has 0 saturated carbocycles. The number of β-lactam (4-membered cyclic amide) rings is 1. The smallest absolute Gasteiger partial charge is 0.231 e. The van der Waals surface area contributed by atoms with Crippen molar-refractivity contribution in [2.45, 2.75) is 95.0 Å². The second-order valence-corrected chi connectivity index (χ2v) is 14.2. The van der Waals surface area contributed by atoms with Crippen LogP contribution in [0.1, 0.15) is 36.1 Å². The Morgan fingerprint density at radius 1 is 0.588 bits per heavy atom. The van der Waals surface area contributed by atoms with Gasteiger partial charge in [-0.15, -0.1) is 0 Å². The van der Waals surface area contributed by atoms with Gasteiger partial charge in [-0.1, -0.05) is 121 Å². The first-order valence-electron chi connectivity index (χ1n) is 17.9. The standard InChI is InChI=1S/C42H45NO8/c1-42(2)50-39-38(48-26-31-21-13-6-14-22-31)36(49-41(39)51-42)33-34-37(47-25-30-19-11-5-12-20-30)35(46-24-29-17-9-4-10-18-29)32(43(34)40(33)44)27-45-23-28-15-7-3-8-16-28/h3-22,32-39,41H,23-27H2,1-2H3/t32-,33+,34-,35+,36+,37-,38-,39+,41+/m0/s1. The van der Waals surface area contributed by atoms with Crippen LogP contribution >= 0.6 is 0 Å². The van der Waals surface area contributed by atoms with E-state index in [0.29, 0.717) is 33.0 Å². The van der Waals surface area contributed by atoms with E-state index in [9.17, 15) is 4.79 Å². The number of nitrogens with zero attached hydrogens (tertiary/aromatic N) is 1. The minimum Gasteiger partial charge on any atom is -0.375 e. The molecule has 4 aliphatic rings. The number of hydrogen-bond donors (Lipinski definition) is 0. The second kappa shape index (κ2) is 15.0. The second-order valence-electron chi connectivity index (χ2n) is 14.2. The molecule has 0 aromatic heterocycles. The Balaban J connectivity index is 1.09. The van der Waals surface area contributed by atoms with Gasteiger partial charge in [0, 0.05) is 0 Å². The first-order valence-corrected chi connectivity index (χ1v) is 17.9. The quantitative estimate of drug-likeness (QED) is 0.148. The monoisotopic (exact) mass is 691 g/mol. The van der Waals surface area contributed by atoms with E-state index in [-0.39, 0.29) is 18.0 Å². The molecule has 0 spiro atoms. The molecule has 0 bridgehead atoms. The maximum atomic E-state index is 14.5. The molecule has 0 aliphatic carbocycles. The third-order valence-corrected chi connectivity index (χ3v) is 10.3. The normalized spacial score (nSPS) is 30.6. The molecule has 8 rings (SSSR count). The van der Waals surface area contributed by atoms with Gasteiger partial charge in [0.25, 0.3) is 0 Å². The van der Waals surface area contributed by atoms with Crippen molar-refractivity contribution in [3.05, 3.63) is 144 Å². The maximum absolute atomic E-state index is 14.5. The minimum atomic E-state index is -0.837. The Kier molecular flexibility index (Phi) is 10.0. The molecule has 4 heterocycles. The Labute approximate surface area is 299 Å². The SMILES string of the molecule is CC1(C)O[C@H]2O[C@H]([C@@H]3C(=O)N4[C@@H]3[C@H](OCc3ccccc3)[C@H](OCc3ccccc3)[C@@H]4COCc3ccccc3)[C@H](OCc3ccccc3)[C@H]2O1. The van der Waals surface area contributed by atoms with Crippen LogP contribution in [-0.4, -0.2) is 72.1 Å². The molecule has 4 saturated heterocycles. The van der Waals surface area contributed by atoms with Gasteiger partial charge in [-0.05, 0) is 36.1 Å². The van der Waals surface area contributed by atoms with Gasteiger partial charge in [0.15, 0.2) is 12.1 Å². The summed E-state index contributed by atoms with van der Waals surface area (Å²) in [6.45, 7) is 5.53. The lowest BCUT2D eigenvalue weighted by atomic mass is 9.79. The summed E-state index contributed by atoms with van der Waals surface area (Å²) in [4.78, 5) is 16.4. The van der Waals surface area contributed by atoms with E-state index >= 15 is 0 Å². The number of fused-ring (bicyclic) bond motifs is 2. The third kappa shape index (κ3) is 7.25. The topological polar surface area (TPSA) is 84.9 Å². The van der Waals surface area contributed by atoms with Gasteiger partial charge in [0.2, 0.25) is 5.91 Å². The molecule has 4 aromatic rings. The van der Waals surface area contributed by atoms with Gasteiger partial charge in [-0.25, -0.2) is 0 Å². The molecule has 9 atom stereocenters. The lowest BCUT2D eigenvalue weighted by Gasteiger charge is -2.49. The van der Waals surface area contributed by atoms with Gasteiger partial charge in [-0.3, -0.25) is 4.79 Å². The van der Waals surface area contributed by atoms with E-state index in [1.165, 1.54) is 0 Å². The lowest BCUT2D eigenvalue weighted by Crippen LogP contribution is -2.68. The Morgan fingerprint density at radius 3 is 1.59 bits per heavy atom. The van der Waals surface area contributed by atoms with Crippen LogP contribution in [0.25, 0.3) is 0 Å². The van der Waals surface area contributed by atoms with E-state index in [2.05, 4.69) is 0 Å². The summed E-state index contributed by atoms with van der Waals surface area (Å²) in [6.07, 6.45) is -3.22. The number of hydrogen-bond acceptors (Lipinski definition) is 8. The predicted octanol–water partition coefficient (Wildman–Crippen LogP) is 6.05. The summed E-state index contributed by atoms with van der Waals surface area (Å²) in [5.74, 6) is -1.43. The fourth-order valence-corrected chi connectivity index (χ4v) is 7.94. The highest BCUT2D eigenvalue weighted by Crippen LogP contribution is 2.50. The highest BCUT2D eigenvalue weighted by molar-refractivity contribution is 5.88. The molecule has 266 valence electrons. The van der Waals surface area contributed by atoms with Gasteiger partial charge in [0.1, 0.15) is 30.5 Å². The number of amides is 1. The van der Waals surface area contributed by atoms with E-state index in [0.717, 1.165) is 22.3 Å². The van der Waals surface area contributed by atoms with Crippen LogP contribution in [0.5, 0.6) is 0 Å². The number of carbonyl (C=O) groups excluding carboxylic acids is 1. The molecule has 0 unspecified atom stereocenters. The fraction of sp³-hybridized carbons (Fsp3) is 0.405. The van der Waals surface area contributed by atoms with Crippen molar-refractivity contribution in [1.82, 2.24) is 4.90 Å². The molecule has 9 nitrogen and oxygen atoms in total. The molecule has 0 N–H and O–H groups in total. The van der Waals surface area contributed by atoms with Crippen LogP contribution in [0, 0.1) is 5.92 Å². The number of rotatable bonds is 14. The van der Waals surface area contributed by atoms with Crippen molar-refractivity contribution in [3.8, 4) is 0 Å². The highest BCUT2D eigenvalue weighted by atomic mass is 16.8. The van der Waals surface area contributed by atoms with E-state index in [4.69, 9.17) is 33.2 Å². The summed E-state index contributed by atoms with van der Waals surface area (Å²) >= 11 is 0. The largest absolute Gasteiger partial charge is 0.375 e. The summed E-state index contributed by atoms with van der Waals surface area (Å²) < 4.78 is 45.6. The van der Waals surface area contributed by atoms with E-state index in [1.807, 2.05) is 140 Å². The van der Waals surface area contributed by atoms with Crippen molar-refractivity contribution < 1.29 is 38.0 Å². The molecule has 9 heteroatoms. The van der Waals surface area contributed by atoms with Gasteiger partial charge in [-0.2, -0.15) is 0 Å². The summed E-state index contributed by atoms with van der Waals surface area (Å²) in [5.41, 5.74) is 4.16. The first-order chi connectivity index (χ1) is 24.9. The van der Waals surface area contributed by atoms with Crippen LogP contribution in [0.4, 0.5) is 0 Å². The van der Waals surface area contributed by atoms with Crippen LogP contribution in [-0.2, 0) is 64.4 Å². The van der Waals surface area contributed by atoms with Crippen molar-refractivity contribution in [1.29, 1.82) is 0 Å². The molecular weight excluding hydrogens is 646 g/mol. The molecule has 51 heavy (non-hydrogen) atoms. The maximum Gasteiger partial charge on any atom is 0.231 e. The van der Waals surface area contributed by atoms with Crippen molar-refractivity contribution >= 4 is 5.91 Å². The van der Waals surface area contributed by atoms with E-state index < -0.39 is 48.5 Å². The molecule has 0 radical (unpaired) electrons. The third-order valence-electron chi connectivity index (χ3n) is 10.3. The van der Waals surface area contributed by atoms with Crippen LogP contribution in [0.15, 0.2) is 121 Å². The highest BCUT2D eigenvalue weighted by Gasteiger charge is 2.70. The van der Waals surface area contributed by atoms with Crippen molar-refractivity contribution in [3.63, 3.8) is 0 Å². The number of carbonyl (C=O) groups is 1. The van der Waals surface area contributed by atoms with Gasteiger partial charge >= 0.3 is 0 Å². The minimum absolute atomic E-state index is 0.0371. The summed E-state index contributed by atoms with van der Waals surface area (Å²) in [5, 5.41) is 0. The Bertz CT molecular complexity index is 1730. The molecule has 1 amide bonds. The zero-order valence-corrected chi connectivity index (χ0v) is 29.0. The zero-order chi connectivity index (χ0) is 34.8. The zero-order valence-electron chi connectivity index (χ0n) is 29.0. The lowest BCUT2D eigenvalue weighted by molar-refractivity contribution is -0.237. The molecule has 4 aliphatic heterocycles. The van der Waals surface area contributed by atoms with Gasteiger partial charge in [0.05, 0.1) is 51.0 Å². The Hall–Kier alpha value is -3.93. The molecular formula is C42H45NO8. The first kappa shape index (κ1) is 34.2. The number of ether oxygens (including phenoxy) is 7. The van der Waals surface area contributed by atoms with Crippen molar-refractivity contribution in [2.75, 3.05) is 6.61 Å². The Morgan fingerprint density at radius 2 is 1.06 bits per heavy atom. The summed E-state index contributed by atoms with van der Waals surface area (Å²) in [6, 6.07) is 39.5.